The summed E-state index contributed by atoms with van der Waals surface area (Å²) < 4.78 is 7.21. The third kappa shape index (κ3) is 3.35. The highest BCUT2D eigenvalue weighted by Crippen LogP contribution is 2.29. The molecule has 0 aliphatic carbocycles. The van der Waals surface area contributed by atoms with Crippen LogP contribution in [0.15, 0.2) is 85.1 Å². The highest BCUT2D eigenvalue weighted by molar-refractivity contribution is 5.68. The highest BCUT2D eigenvalue weighted by Gasteiger charge is 2.14. The van der Waals surface area contributed by atoms with Gasteiger partial charge in [-0.3, -0.25) is 14.7 Å². The molecule has 1 heterocycles. The molecule has 138 valence electrons. The minimum atomic E-state index is -0.407. The highest BCUT2D eigenvalue weighted by atomic mass is 16.6. The predicted molar refractivity (Wildman–Crippen MR) is 108 cm³/mol. The number of para-hydroxylation sites is 1. The van der Waals surface area contributed by atoms with Gasteiger partial charge in [0, 0.05) is 35.1 Å². The molecule has 1 aromatic heterocycles. The standard InChI is InChI=1S/C22H17N3O3/c1-28-20-13-9-16(10-14-20)21-15-24(18-5-3-2-4-6-18)22(23-21)17-7-11-19(12-8-17)25(26)27/h2-15H,1H3. The number of hydrogen-bond donors (Lipinski definition) is 0. The van der Waals surface area contributed by atoms with Crippen LogP contribution in [0.4, 0.5) is 5.69 Å². The molecule has 4 aromatic rings. The van der Waals surface area contributed by atoms with E-state index >= 15 is 0 Å². The van der Waals surface area contributed by atoms with Crippen LogP contribution in [0.1, 0.15) is 0 Å². The van der Waals surface area contributed by atoms with Crippen molar-refractivity contribution in [2.75, 3.05) is 7.11 Å². The number of ether oxygens (including phenoxy) is 1. The molecule has 0 unspecified atom stereocenters. The lowest BCUT2D eigenvalue weighted by atomic mass is 10.1. The molecule has 0 bridgehead atoms. The molecular formula is C22H17N3O3. The van der Waals surface area contributed by atoms with Crippen LogP contribution in [0.3, 0.4) is 0 Å². The average molecular weight is 371 g/mol. The van der Waals surface area contributed by atoms with Crippen LogP contribution in [0.25, 0.3) is 28.3 Å². The molecule has 0 saturated carbocycles. The molecule has 0 spiro atoms. The zero-order valence-electron chi connectivity index (χ0n) is 15.1. The summed E-state index contributed by atoms with van der Waals surface area (Å²) in [6.07, 6.45) is 1.97. The van der Waals surface area contributed by atoms with E-state index in [9.17, 15) is 10.1 Å². The molecule has 6 heteroatoms. The van der Waals surface area contributed by atoms with E-state index in [2.05, 4.69) is 0 Å². The number of methoxy groups -OCH3 is 1. The van der Waals surface area contributed by atoms with Gasteiger partial charge in [0.25, 0.3) is 5.69 Å². The fourth-order valence-electron chi connectivity index (χ4n) is 3.00. The van der Waals surface area contributed by atoms with Crippen molar-refractivity contribution < 1.29 is 9.66 Å². The number of aromatic nitrogens is 2. The Bertz CT molecular complexity index is 1100. The van der Waals surface area contributed by atoms with Crippen molar-refractivity contribution in [1.29, 1.82) is 0 Å². The van der Waals surface area contributed by atoms with Crippen molar-refractivity contribution in [3.63, 3.8) is 0 Å². The molecule has 6 nitrogen and oxygen atoms in total. The van der Waals surface area contributed by atoms with Gasteiger partial charge in [-0.1, -0.05) is 18.2 Å². The third-order valence-electron chi connectivity index (χ3n) is 4.46. The van der Waals surface area contributed by atoms with Gasteiger partial charge < -0.3 is 4.74 Å². The Balaban J connectivity index is 1.83. The number of imidazole rings is 1. The van der Waals surface area contributed by atoms with E-state index in [4.69, 9.17) is 9.72 Å². The molecule has 28 heavy (non-hydrogen) atoms. The number of non-ortho nitro benzene ring substituents is 1. The molecule has 0 saturated heterocycles. The van der Waals surface area contributed by atoms with E-state index in [1.807, 2.05) is 65.4 Å². The number of rotatable bonds is 5. The van der Waals surface area contributed by atoms with Crippen molar-refractivity contribution in [1.82, 2.24) is 9.55 Å². The van der Waals surface area contributed by atoms with Gasteiger partial charge in [-0.2, -0.15) is 0 Å². The first kappa shape index (κ1) is 17.5. The fraction of sp³-hybridized carbons (Fsp3) is 0.0455. The van der Waals surface area contributed by atoms with Gasteiger partial charge in [0.05, 0.1) is 17.7 Å². The van der Waals surface area contributed by atoms with Gasteiger partial charge in [-0.25, -0.2) is 4.98 Å². The van der Waals surface area contributed by atoms with Gasteiger partial charge in [-0.05, 0) is 48.5 Å². The molecule has 4 rings (SSSR count). The molecule has 0 aliphatic heterocycles. The van der Waals surface area contributed by atoms with Crippen molar-refractivity contribution >= 4 is 5.69 Å². The minimum Gasteiger partial charge on any atom is -0.497 e. The average Bonchev–Trinajstić information content (AvgIpc) is 3.20. The molecule has 0 radical (unpaired) electrons. The van der Waals surface area contributed by atoms with E-state index in [1.165, 1.54) is 12.1 Å². The van der Waals surface area contributed by atoms with Gasteiger partial charge in [-0.15, -0.1) is 0 Å². The summed E-state index contributed by atoms with van der Waals surface area (Å²) in [6.45, 7) is 0. The smallest absolute Gasteiger partial charge is 0.269 e. The normalized spacial score (nSPS) is 10.6. The SMILES string of the molecule is COc1ccc(-c2cn(-c3ccccc3)c(-c3ccc([N+](=O)[O-])cc3)n2)cc1. The maximum Gasteiger partial charge on any atom is 0.269 e. The van der Waals surface area contributed by atoms with Crippen molar-refractivity contribution in [3.05, 3.63) is 95.2 Å². The van der Waals surface area contributed by atoms with Crippen LogP contribution in [-0.4, -0.2) is 21.6 Å². The molecular weight excluding hydrogens is 354 g/mol. The number of nitro benzene ring substituents is 1. The summed E-state index contributed by atoms with van der Waals surface area (Å²) >= 11 is 0. The number of nitro groups is 1. The molecule has 3 aromatic carbocycles. The Morgan fingerprint density at radius 1 is 0.893 bits per heavy atom. The van der Waals surface area contributed by atoms with E-state index in [0.29, 0.717) is 5.82 Å². The summed E-state index contributed by atoms with van der Waals surface area (Å²) in [6, 6.07) is 24.0. The van der Waals surface area contributed by atoms with E-state index in [1.54, 1.807) is 19.2 Å². The Labute approximate surface area is 161 Å². The largest absolute Gasteiger partial charge is 0.497 e. The summed E-state index contributed by atoms with van der Waals surface area (Å²) in [5.41, 5.74) is 3.58. The quantitative estimate of drug-likeness (QED) is 0.360. The number of benzene rings is 3. The third-order valence-corrected chi connectivity index (χ3v) is 4.46. The van der Waals surface area contributed by atoms with Gasteiger partial charge in [0.2, 0.25) is 0 Å². The first-order valence-corrected chi connectivity index (χ1v) is 8.70. The second-order valence-corrected chi connectivity index (χ2v) is 6.19. The molecule has 0 N–H and O–H groups in total. The van der Waals surface area contributed by atoms with Crippen LogP contribution in [0.2, 0.25) is 0 Å². The van der Waals surface area contributed by atoms with Crippen LogP contribution < -0.4 is 4.74 Å². The maximum absolute atomic E-state index is 11.0. The van der Waals surface area contributed by atoms with Crippen molar-refractivity contribution in [2.24, 2.45) is 0 Å². The van der Waals surface area contributed by atoms with Crippen molar-refractivity contribution in [3.8, 4) is 34.1 Å². The fourth-order valence-corrected chi connectivity index (χ4v) is 3.00. The lowest BCUT2D eigenvalue weighted by Crippen LogP contribution is -1.96. The lowest BCUT2D eigenvalue weighted by Gasteiger charge is -2.07. The topological polar surface area (TPSA) is 70.2 Å². The zero-order chi connectivity index (χ0) is 19.5. The van der Waals surface area contributed by atoms with Crippen molar-refractivity contribution in [2.45, 2.75) is 0 Å². The second-order valence-electron chi connectivity index (χ2n) is 6.19. The Kier molecular flexibility index (Phi) is 4.60. The van der Waals surface area contributed by atoms with E-state index < -0.39 is 4.92 Å². The Hall–Kier alpha value is -3.93. The maximum atomic E-state index is 11.0. The van der Waals surface area contributed by atoms with Gasteiger partial charge in [0.1, 0.15) is 11.6 Å². The van der Waals surface area contributed by atoms with E-state index in [-0.39, 0.29) is 5.69 Å². The van der Waals surface area contributed by atoms with Crippen LogP contribution in [-0.2, 0) is 0 Å². The minimum absolute atomic E-state index is 0.0527. The van der Waals surface area contributed by atoms with Crippen LogP contribution in [0, 0.1) is 10.1 Å². The zero-order valence-corrected chi connectivity index (χ0v) is 15.1. The van der Waals surface area contributed by atoms with Crippen LogP contribution >= 0.6 is 0 Å². The molecule has 0 fully saturated rings. The number of nitrogens with zero attached hydrogens (tertiary/aromatic N) is 3. The first-order chi connectivity index (χ1) is 13.7. The second kappa shape index (κ2) is 7.36. The summed E-state index contributed by atoms with van der Waals surface area (Å²) in [5.74, 6) is 1.49. The first-order valence-electron chi connectivity index (χ1n) is 8.70. The van der Waals surface area contributed by atoms with Gasteiger partial charge >= 0.3 is 0 Å². The van der Waals surface area contributed by atoms with Crippen LogP contribution in [0.5, 0.6) is 5.75 Å². The van der Waals surface area contributed by atoms with E-state index in [0.717, 1.165) is 28.3 Å². The summed E-state index contributed by atoms with van der Waals surface area (Å²) in [5, 5.41) is 11.0. The summed E-state index contributed by atoms with van der Waals surface area (Å²) in [7, 11) is 1.63. The Morgan fingerprint density at radius 2 is 1.54 bits per heavy atom. The number of hydrogen-bond acceptors (Lipinski definition) is 4. The summed E-state index contributed by atoms with van der Waals surface area (Å²) in [4.78, 5) is 15.4. The van der Waals surface area contributed by atoms with Gasteiger partial charge in [0.15, 0.2) is 0 Å². The Morgan fingerprint density at radius 3 is 2.14 bits per heavy atom. The lowest BCUT2D eigenvalue weighted by molar-refractivity contribution is -0.384. The predicted octanol–water partition coefficient (Wildman–Crippen LogP) is 5.12. The molecule has 0 amide bonds. The molecule has 0 aliphatic rings. The monoisotopic (exact) mass is 371 g/mol. The molecule has 0 atom stereocenters.